The first-order valence-corrected chi connectivity index (χ1v) is 22.6. The average molecular weight is 855 g/mol. The van der Waals surface area contributed by atoms with Gasteiger partial charge in [0.05, 0.1) is 17.8 Å². The number of esters is 3. The molecule has 0 saturated heterocycles. The standard InChI is InChI=1S/C52H58N2O9/c1-32-4-12-36(13-5-32)50(58)61-44-22-10-35(11-23-44)28-47(55)39-29-40(48(56)53-42-18-24-45(25-19-42)62-51(59)37-14-6-33(2)7-15-37)31-41(30-39)49(57)54-43-20-26-46(27-21-43)63-52(60)38-16-8-34(3)9-17-38/h10-11,18-27,29-34,36-38H,4-9,12-17,28H2,1-3H3,(H,53,56)(H,54,57). The van der Waals surface area contributed by atoms with Gasteiger partial charge in [-0.05, 0) is 179 Å². The summed E-state index contributed by atoms with van der Waals surface area (Å²) in [7, 11) is 0. The molecule has 330 valence electrons. The molecule has 3 saturated carbocycles. The van der Waals surface area contributed by atoms with Crippen molar-refractivity contribution in [2.75, 3.05) is 10.6 Å². The van der Waals surface area contributed by atoms with Crippen molar-refractivity contribution < 1.29 is 43.0 Å². The van der Waals surface area contributed by atoms with Crippen LogP contribution in [0.5, 0.6) is 17.2 Å². The van der Waals surface area contributed by atoms with Crippen molar-refractivity contribution in [2.24, 2.45) is 35.5 Å². The third-order valence-electron chi connectivity index (χ3n) is 13.0. The van der Waals surface area contributed by atoms with E-state index in [1.54, 1.807) is 72.8 Å². The van der Waals surface area contributed by atoms with Crippen LogP contribution in [0.2, 0.25) is 0 Å². The molecule has 2 amide bonds. The van der Waals surface area contributed by atoms with Gasteiger partial charge in [0.15, 0.2) is 5.78 Å². The van der Waals surface area contributed by atoms with Gasteiger partial charge in [-0.25, -0.2) is 0 Å². The Hall–Kier alpha value is -6.10. The van der Waals surface area contributed by atoms with Gasteiger partial charge >= 0.3 is 17.9 Å². The molecule has 0 radical (unpaired) electrons. The summed E-state index contributed by atoms with van der Waals surface area (Å²) in [6.45, 7) is 6.58. The van der Waals surface area contributed by atoms with Gasteiger partial charge in [-0.2, -0.15) is 0 Å². The highest BCUT2D eigenvalue weighted by Gasteiger charge is 2.28. The Morgan fingerprint density at radius 3 is 1.06 bits per heavy atom. The zero-order chi connectivity index (χ0) is 44.5. The van der Waals surface area contributed by atoms with E-state index in [0.717, 1.165) is 77.0 Å². The van der Waals surface area contributed by atoms with Crippen LogP contribution in [0.15, 0.2) is 91.0 Å². The van der Waals surface area contributed by atoms with Crippen molar-refractivity contribution in [3.63, 3.8) is 0 Å². The van der Waals surface area contributed by atoms with E-state index >= 15 is 0 Å². The Morgan fingerprint density at radius 1 is 0.429 bits per heavy atom. The lowest BCUT2D eigenvalue weighted by Gasteiger charge is -2.24. The van der Waals surface area contributed by atoms with Crippen LogP contribution < -0.4 is 24.8 Å². The molecular weight excluding hydrogens is 797 g/mol. The number of anilines is 2. The molecule has 2 N–H and O–H groups in total. The van der Waals surface area contributed by atoms with Gasteiger partial charge in [-0.15, -0.1) is 0 Å². The summed E-state index contributed by atoms with van der Waals surface area (Å²) < 4.78 is 16.9. The van der Waals surface area contributed by atoms with Crippen molar-refractivity contribution >= 4 is 46.9 Å². The first kappa shape index (κ1) is 44.9. The molecule has 0 heterocycles. The zero-order valence-electron chi connectivity index (χ0n) is 36.5. The van der Waals surface area contributed by atoms with E-state index in [0.29, 0.717) is 51.9 Å². The minimum Gasteiger partial charge on any atom is -0.426 e. The molecule has 0 atom stereocenters. The number of nitrogens with one attached hydrogen (secondary N) is 2. The van der Waals surface area contributed by atoms with Crippen LogP contribution in [0, 0.1) is 35.5 Å². The molecule has 11 nitrogen and oxygen atoms in total. The van der Waals surface area contributed by atoms with Crippen LogP contribution in [0.1, 0.15) is 134 Å². The molecule has 3 fully saturated rings. The van der Waals surface area contributed by atoms with E-state index in [1.807, 2.05) is 0 Å². The summed E-state index contributed by atoms with van der Waals surface area (Å²) >= 11 is 0. The summed E-state index contributed by atoms with van der Waals surface area (Å²) in [4.78, 5) is 79.7. The molecule has 63 heavy (non-hydrogen) atoms. The van der Waals surface area contributed by atoms with Gasteiger partial charge in [-0.1, -0.05) is 32.9 Å². The molecule has 7 rings (SSSR count). The van der Waals surface area contributed by atoms with Gasteiger partial charge < -0.3 is 24.8 Å². The SMILES string of the molecule is CC1CCC(C(=O)Oc2ccc(CC(=O)c3cc(C(=O)Nc4ccc(OC(=O)C5CCC(C)CC5)cc4)cc(C(=O)Nc4ccc(OC(=O)C5CCC(C)CC5)cc4)c3)cc2)CC1. The molecule has 0 aromatic heterocycles. The second-order valence-corrected chi connectivity index (χ2v) is 18.1. The number of rotatable bonds is 13. The summed E-state index contributed by atoms with van der Waals surface area (Å²) in [5.41, 5.74) is 1.80. The highest BCUT2D eigenvalue weighted by Crippen LogP contribution is 2.32. The predicted molar refractivity (Wildman–Crippen MR) is 240 cm³/mol. The minimum atomic E-state index is -0.558. The quantitative estimate of drug-likeness (QED) is 0.0760. The lowest BCUT2D eigenvalue weighted by atomic mass is 9.83. The molecule has 4 aromatic rings. The maximum Gasteiger partial charge on any atom is 0.314 e. The van der Waals surface area contributed by atoms with Crippen molar-refractivity contribution in [3.8, 4) is 17.2 Å². The lowest BCUT2D eigenvalue weighted by molar-refractivity contribution is -0.141. The van der Waals surface area contributed by atoms with Gasteiger partial charge in [0.1, 0.15) is 17.2 Å². The van der Waals surface area contributed by atoms with Gasteiger partial charge in [0.2, 0.25) is 0 Å². The van der Waals surface area contributed by atoms with E-state index in [1.165, 1.54) is 18.2 Å². The molecule has 3 aliphatic carbocycles. The van der Waals surface area contributed by atoms with Crippen molar-refractivity contribution in [3.05, 3.63) is 113 Å². The fraction of sp³-hybridized carbons (Fsp3) is 0.423. The number of Topliss-reactive ketones (excluding diaryl/α,β-unsaturated/α-hetero) is 1. The van der Waals surface area contributed by atoms with Crippen molar-refractivity contribution in [2.45, 2.75) is 104 Å². The van der Waals surface area contributed by atoms with Crippen LogP contribution in [-0.4, -0.2) is 35.5 Å². The number of benzene rings is 4. The van der Waals surface area contributed by atoms with Crippen LogP contribution in [0.4, 0.5) is 11.4 Å². The van der Waals surface area contributed by atoms with Crippen LogP contribution in [0.3, 0.4) is 0 Å². The van der Waals surface area contributed by atoms with E-state index < -0.39 is 11.8 Å². The Kier molecular flexibility index (Phi) is 14.9. The third-order valence-corrected chi connectivity index (χ3v) is 13.0. The number of ether oxygens (including phenoxy) is 3. The molecule has 4 aromatic carbocycles. The molecule has 0 bridgehead atoms. The molecule has 3 aliphatic rings. The van der Waals surface area contributed by atoms with Crippen molar-refractivity contribution in [1.82, 2.24) is 0 Å². The third kappa shape index (κ3) is 12.5. The number of hydrogen-bond acceptors (Lipinski definition) is 9. The van der Waals surface area contributed by atoms with Crippen LogP contribution in [-0.2, 0) is 20.8 Å². The van der Waals surface area contributed by atoms with Gasteiger partial charge in [0.25, 0.3) is 11.8 Å². The number of carbonyl (C=O) groups excluding carboxylic acids is 6. The second-order valence-electron chi connectivity index (χ2n) is 18.1. The summed E-state index contributed by atoms with van der Waals surface area (Å²) in [6, 6.07) is 24.1. The Balaban J connectivity index is 1.03. The summed E-state index contributed by atoms with van der Waals surface area (Å²) in [6.07, 6.45) is 10.8. The number of carbonyl (C=O) groups is 6. The normalized spacial score (nSPS) is 22.2. The summed E-state index contributed by atoms with van der Waals surface area (Å²) in [5, 5.41) is 5.66. The Bertz CT molecular complexity index is 1990. The highest BCUT2D eigenvalue weighted by molar-refractivity contribution is 6.11. The number of hydrogen-bond donors (Lipinski definition) is 2. The number of ketones is 1. The molecule has 0 unspecified atom stereocenters. The van der Waals surface area contributed by atoms with Crippen molar-refractivity contribution in [1.29, 1.82) is 0 Å². The second kappa shape index (κ2) is 20.8. The maximum absolute atomic E-state index is 13.9. The topological polar surface area (TPSA) is 154 Å². The van der Waals surface area contributed by atoms with E-state index in [4.69, 9.17) is 14.2 Å². The monoisotopic (exact) mass is 854 g/mol. The zero-order valence-corrected chi connectivity index (χ0v) is 36.5. The number of amides is 2. The average Bonchev–Trinajstić information content (AvgIpc) is 3.28. The van der Waals surface area contributed by atoms with E-state index in [2.05, 4.69) is 31.4 Å². The van der Waals surface area contributed by atoms with Crippen LogP contribution in [0.25, 0.3) is 0 Å². The highest BCUT2D eigenvalue weighted by atomic mass is 16.5. The lowest BCUT2D eigenvalue weighted by Crippen LogP contribution is -2.25. The van der Waals surface area contributed by atoms with E-state index in [9.17, 15) is 28.8 Å². The predicted octanol–water partition coefficient (Wildman–Crippen LogP) is 10.8. The molecular formula is C52H58N2O9. The summed E-state index contributed by atoms with van der Waals surface area (Å²) in [5.74, 6) is 0.432. The fourth-order valence-corrected chi connectivity index (χ4v) is 8.72. The molecule has 0 spiro atoms. The smallest absolute Gasteiger partial charge is 0.314 e. The Morgan fingerprint density at radius 2 is 0.730 bits per heavy atom. The fourth-order valence-electron chi connectivity index (χ4n) is 8.72. The Labute approximate surface area is 369 Å². The first-order chi connectivity index (χ1) is 30.3. The van der Waals surface area contributed by atoms with E-state index in [-0.39, 0.29) is 64.6 Å². The van der Waals surface area contributed by atoms with Gasteiger partial charge in [0, 0.05) is 34.5 Å². The largest absolute Gasteiger partial charge is 0.426 e. The molecule has 0 aliphatic heterocycles. The minimum absolute atomic E-state index is 0.0407. The van der Waals surface area contributed by atoms with Gasteiger partial charge in [-0.3, -0.25) is 28.8 Å². The van der Waals surface area contributed by atoms with Crippen LogP contribution >= 0.6 is 0 Å². The first-order valence-electron chi connectivity index (χ1n) is 22.6. The molecule has 11 heteroatoms. The maximum atomic E-state index is 13.9.